The maximum Gasteiger partial charge on any atom is 0.179 e. The molecule has 5 nitrogen and oxygen atoms in total. The van der Waals surface area contributed by atoms with Crippen LogP contribution in [0.5, 0.6) is 11.5 Å². The van der Waals surface area contributed by atoms with Gasteiger partial charge in [-0.3, -0.25) is 4.90 Å². The zero-order valence-electron chi connectivity index (χ0n) is 13.5. The van der Waals surface area contributed by atoms with E-state index in [2.05, 4.69) is 16.8 Å². The molecule has 1 unspecified atom stereocenters. The Kier molecular flexibility index (Phi) is 6.32. The number of hydrogen-bond donors (Lipinski definition) is 1. The fraction of sp³-hybridized carbons (Fsp3) is 0.625. The lowest BCUT2D eigenvalue weighted by atomic mass is 10.1. The number of rotatable bonds is 6. The normalized spacial score (nSPS) is 20.1. The molecule has 0 amide bonds. The summed E-state index contributed by atoms with van der Waals surface area (Å²) < 4.78 is 10.6. The maximum atomic E-state index is 9.18. The highest BCUT2D eigenvalue weighted by Gasteiger charge is 2.24. The lowest BCUT2D eigenvalue weighted by molar-refractivity contribution is 0.0742. The van der Waals surface area contributed by atoms with Gasteiger partial charge in [-0.25, -0.2) is 0 Å². The van der Waals surface area contributed by atoms with Crippen LogP contribution in [-0.2, 0) is 6.54 Å². The Morgan fingerprint density at radius 3 is 2.68 bits per heavy atom. The molecule has 1 N–H and O–H groups in total. The minimum absolute atomic E-state index is 0.227. The zero-order chi connectivity index (χ0) is 16.1. The molecule has 0 aliphatic carbocycles. The monoisotopic (exact) mass is 328 g/mol. The minimum Gasteiger partial charge on any atom is -0.493 e. The highest BCUT2D eigenvalue weighted by Crippen LogP contribution is 2.36. The standard InChI is InChI=1S/C16H25ClN2O3/c1-18-5-6-19(11-13(18)4-7-20)10-12-8-14(17)16(22-3)15(9-12)21-2/h8-9,13,20H,4-7,10-11H2,1-3H3. The lowest BCUT2D eigenvalue weighted by Crippen LogP contribution is -2.51. The number of halogens is 1. The van der Waals surface area contributed by atoms with E-state index >= 15 is 0 Å². The summed E-state index contributed by atoms with van der Waals surface area (Å²) >= 11 is 6.27. The van der Waals surface area contributed by atoms with Gasteiger partial charge in [0.2, 0.25) is 0 Å². The van der Waals surface area contributed by atoms with Gasteiger partial charge in [0.1, 0.15) is 0 Å². The molecule has 1 saturated heterocycles. The number of piperazine rings is 1. The first-order valence-electron chi connectivity index (χ1n) is 7.53. The molecule has 0 radical (unpaired) electrons. The van der Waals surface area contributed by atoms with E-state index in [0.29, 0.717) is 22.6 Å². The number of ether oxygens (including phenoxy) is 2. The Bertz CT molecular complexity index is 499. The van der Waals surface area contributed by atoms with Gasteiger partial charge in [-0.2, -0.15) is 0 Å². The van der Waals surface area contributed by atoms with Crippen molar-refractivity contribution in [3.05, 3.63) is 22.7 Å². The Morgan fingerprint density at radius 2 is 2.05 bits per heavy atom. The van der Waals surface area contributed by atoms with E-state index in [1.54, 1.807) is 14.2 Å². The second-order valence-electron chi connectivity index (χ2n) is 5.69. The van der Waals surface area contributed by atoms with Crippen LogP contribution in [0.25, 0.3) is 0 Å². The van der Waals surface area contributed by atoms with Crippen LogP contribution in [0.15, 0.2) is 12.1 Å². The number of hydrogen-bond acceptors (Lipinski definition) is 5. The van der Waals surface area contributed by atoms with Gasteiger partial charge in [-0.1, -0.05) is 11.6 Å². The van der Waals surface area contributed by atoms with Gasteiger partial charge >= 0.3 is 0 Å². The summed E-state index contributed by atoms with van der Waals surface area (Å²) in [5, 5.41) is 9.75. The summed E-state index contributed by atoms with van der Waals surface area (Å²) in [5.41, 5.74) is 1.11. The van der Waals surface area contributed by atoms with Crippen molar-refractivity contribution < 1.29 is 14.6 Å². The fourth-order valence-corrected chi connectivity index (χ4v) is 3.25. The number of benzene rings is 1. The molecule has 22 heavy (non-hydrogen) atoms. The van der Waals surface area contributed by atoms with Crippen LogP contribution >= 0.6 is 11.6 Å². The van der Waals surface area contributed by atoms with Gasteiger partial charge in [-0.15, -0.1) is 0 Å². The van der Waals surface area contributed by atoms with Crippen LogP contribution in [0, 0.1) is 0 Å². The Balaban J connectivity index is 2.08. The predicted molar refractivity (Wildman–Crippen MR) is 88.0 cm³/mol. The van der Waals surface area contributed by atoms with Crippen molar-refractivity contribution in [1.82, 2.24) is 9.80 Å². The number of likely N-dealkylation sites (N-methyl/N-ethyl adjacent to an activating group) is 1. The molecule has 0 spiro atoms. The summed E-state index contributed by atoms with van der Waals surface area (Å²) in [4.78, 5) is 4.70. The Morgan fingerprint density at radius 1 is 1.27 bits per heavy atom. The maximum absolute atomic E-state index is 9.18. The molecule has 1 fully saturated rings. The summed E-state index contributed by atoms with van der Waals surface area (Å²) in [5.74, 6) is 1.23. The zero-order valence-corrected chi connectivity index (χ0v) is 14.3. The summed E-state index contributed by atoms with van der Waals surface area (Å²) in [6.07, 6.45) is 0.805. The quantitative estimate of drug-likeness (QED) is 0.863. The lowest BCUT2D eigenvalue weighted by Gasteiger charge is -2.39. The van der Waals surface area contributed by atoms with Gasteiger partial charge in [-0.05, 0) is 31.2 Å². The van der Waals surface area contributed by atoms with Crippen molar-refractivity contribution in [1.29, 1.82) is 0 Å². The van der Waals surface area contributed by atoms with Crippen molar-refractivity contribution in [2.75, 3.05) is 47.5 Å². The van der Waals surface area contributed by atoms with Crippen molar-refractivity contribution in [2.24, 2.45) is 0 Å². The van der Waals surface area contributed by atoms with Crippen LogP contribution in [0.1, 0.15) is 12.0 Å². The summed E-state index contributed by atoms with van der Waals surface area (Å²) in [7, 11) is 5.32. The first-order valence-corrected chi connectivity index (χ1v) is 7.90. The number of aliphatic hydroxyl groups excluding tert-OH is 1. The molecule has 1 heterocycles. The number of methoxy groups -OCH3 is 2. The van der Waals surface area contributed by atoms with E-state index in [9.17, 15) is 5.11 Å². The van der Waals surface area contributed by atoms with Gasteiger partial charge in [0.15, 0.2) is 11.5 Å². The molecule has 1 aliphatic rings. The van der Waals surface area contributed by atoms with E-state index in [1.165, 1.54) is 0 Å². The van der Waals surface area contributed by atoms with Gasteiger partial charge < -0.3 is 19.5 Å². The Hall–Kier alpha value is -1.01. The van der Waals surface area contributed by atoms with E-state index in [4.69, 9.17) is 21.1 Å². The smallest absolute Gasteiger partial charge is 0.179 e. The molecule has 124 valence electrons. The highest BCUT2D eigenvalue weighted by molar-refractivity contribution is 6.32. The van der Waals surface area contributed by atoms with Crippen LogP contribution in [0.4, 0.5) is 0 Å². The summed E-state index contributed by atoms with van der Waals surface area (Å²) in [6, 6.07) is 4.31. The van der Waals surface area contributed by atoms with Crippen molar-refractivity contribution in [3.8, 4) is 11.5 Å². The van der Waals surface area contributed by atoms with Crippen molar-refractivity contribution in [3.63, 3.8) is 0 Å². The molecule has 0 bridgehead atoms. The first kappa shape index (κ1) is 17.3. The van der Waals surface area contributed by atoms with E-state index < -0.39 is 0 Å². The predicted octanol–water partition coefficient (Wildman–Crippen LogP) is 1.86. The fourth-order valence-electron chi connectivity index (χ4n) is 2.94. The largest absolute Gasteiger partial charge is 0.493 e. The SMILES string of the molecule is COc1cc(CN2CCN(C)C(CCO)C2)cc(Cl)c1OC. The van der Waals surface area contributed by atoms with Gasteiger partial charge in [0, 0.05) is 38.8 Å². The van der Waals surface area contributed by atoms with Crippen molar-refractivity contribution in [2.45, 2.75) is 19.0 Å². The number of nitrogens with zero attached hydrogens (tertiary/aromatic N) is 2. The molecule has 1 aromatic rings. The molecular weight excluding hydrogens is 304 g/mol. The molecule has 1 aliphatic heterocycles. The summed E-state index contributed by atoms with van der Waals surface area (Å²) in [6.45, 7) is 4.00. The molecule has 1 atom stereocenters. The second-order valence-corrected chi connectivity index (χ2v) is 6.10. The van der Waals surface area contributed by atoms with Crippen LogP contribution < -0.4 is 9.47 Å². The molecular formula is C16H25ClN2O3. The third-order valence-corrected chi connectivity index (χ3v) is 4.50. The topological polar surface area (TPSA) is 45.2 Å². The third kappa shape index (κ3) is 4.04. The average molecular weight is 329 g/mol. The van der Waals surface area contributed by atoms with Gasteiger partial charge in [0.05, 0.1) is 19.2 Å². The molecule has 1 aromatic carbocycles. The average Bonchev–Trinajstić information content (AvgIpc) is 2.50. The minimum atomic E-state index is 0.227. The van der Waals surface area contributed by atoms with Crippen LogP contribution in [0.3, 0.4) is 0 Å². The van der Waals surface area contributed by atoms with E-state index in [1.807, 2.05) is 12.1 Å². The molecule has 6 heteroatoms. The highest BCUT2D eigenvalue weighted by atomic mass is 35.5. The van der Waals surface area contributed by atoms with E-state index in [0.717, 1.165) is 38.2 Å². The van der Waals surface area contributed by atoms with Crippen LogP contribution in [0.2, 0.25) is 5.02 Å². The second kappa shape index (κ2) is 8.02. The van der Waals surface area contributed by atoms with Crippen molar-refractivity contribution >= 4 is 11.6 Å². The van der Waals surface area contributed by atoms with Gasteiger partial charge in [0.25, 0.3) is 0 Å². The first-order chi connectivity index (χ1) is 10.6. The molecule has 0 saturated carbocycles. The van der Waals surface area contributed by atoms with Crippen LogP contribution in [-0.4, -0.2) is 68.5 Å². The van der Waals surface area contributed by atoms with E-state index in [-0.39, 0.29) is 6.61 Å². The molecule has 0 aromatic heterocycles. The number of aliphatic hydroxyl groups is 1. The Labute approximate surface area is 137 Å². The third-order valence-electron chi connectivity index (χ3n) is 4.22. The molecule has 2 rings (SSSR count).